The molecule has 17 nitrogen and oxygen atoms in total. The van der Waals surface area contributed by atoms with Crippen LogP contribution in [-0.4, -0.2) is 124 Å². The van der Waals surface area contributed by atoms with Crippen molar-refractivity contribution in [1.29, 1.82) is 0 Å². The Hall–Kier alpha value is -4.62. The van der Waals surface area contributed by atoms with Crippen LogP contribution < -0.4 is 16.8 Å². The van der Waals surface area contributed by atoms with Gasteiger partial charge in [0.15, 0.2) is 5.11 Å². The van der Waals surface area contributed by atoms with Crippen molar-refractivity contribution in [1.82, 2.24) is 24.9 Å². The van der Waals surface area contributed by atoms with Crippen molar-refractivity contribution in [2.45, 2.75) is 117 Å². The molecule has 2 saturated heterocycles. The number of halogens is 3. The highest BCUT2D eigenvalue weighted by molar-refractivity contribution is 7.80. The third kappa shape index (κ3) is 12.0. The summed E-state index contributed by atoms with van der Waals surface area (Å²) in [5, 5.41) is 4.02. The molecule has 0 radical (unpaired) electrons. The minimum Gasteiger partial charge on any atom is -0.467 e. The molecule has 4 aliphatic rings. The van der Waals surface area contributed by atoms with E-state index in [1.807, 2.05) is 65.8 Å². The highest BCUT2D eigenvalue weighted by Crippen LogP contribution is 2.33. The van der Waals surface area contributed by atoms with Crippen LogP contribution in [0, 0.1) is 10.8 Å². The van der Waals surface area contributed by atoms with Crippen LogP contribution >= 0.6 is 47.8 Å². The Balaban J connectivity index is 0.000000277. The van der Waals surface area contributed by atoms with Crippen LogP contribution in [0.3, 0.4) is 0 Å². The SMILES string of the molecule is COC(=O)[C@@H]1C[C@@H](OC(=O)N2Cc3cccc(Cl)c3C2)CN1C(=O)[C@@H](N)C(C)(C)C.COC(=O)[C@@H]1C[C@@H](OC(=O)N2Cc3cccc(Cl)c3C2)CN1C(=O)[C@@H](NC(N)=S)C(C)(C)C.Cl. The highest BCUT2D eigenvalue weighted by Gasteiger charge is 2.48. The van der Waals surface area contributed by atoms with E-state index in [1.54, 1.807) is 21.9 Å². The Morgan fingerprint density at radius 3 is 1.45 bits per heavy atom. The molecule has 0 unspecified atom stereocenters. The number of nitrogens with one attached hydrogen (secondary N) is 1. The standard InChI is InChI=1S/C22H29ClN4O5S.C21H28ClN3O5.ClH/c1-22(2,3)17(25-20(24)33)18(28)27-10-13(8-16(27)19(29)31-4)32-21(30)26-9-12-6-5-7-15(23)14(12)11-26;1-21(2,3)17(23)18(26)25-10-13(8-16(25)19(27)29-4)30-20(28)24-9-12-6-5-7-15(22)14(12)11-24;/h5-7,13,16-17H,8-11H2,1-4H3,(H3,24,25,33);5-7,13,16-17H,8-11,23H2,1-4H3;1H/t2*13-,16+,17-;/m11./s1. The molecule has 4 aliphatic heterocycles. The zero-order valence-corrected chi connectivity index (χ0v) is 40.3. The highest BCUT2D eigenvalue weighted by atomic mass is 35.5. The van der Waals surface area contributed by atoms with Crippen molar-refractivity contribution in [3.63, 3.8) is 0 Å². The second-order valence-electron chi connectivity index (χ2n) is 18.2. The van der Waals surface area contributed by atoms with Crippen molar-refractivity contribution in [2.24, 2.45) is 22.3 Å². The number of esters is 2. The second kappa shape index (κ2) is 21.1. The van der Waals surface area contributed by atoms with Crippen molar-refractivity contribution in [3.05, 3.63) is 68.7 Å². The van der Waals surface area contributed by atoms with Crippen molar-refractivity contribution in [3.8, 4) is 0 Å². The maximum Gasteiger partial charge on any atom is 0.410 e. The maximum absolute atomic E-state index is 13.4. The van der Waals surface area contributed by atoms with Gasteiger partial charge in [-0.05, 0) is 57.4 Å². The lowest BCUT2D eigenvalue weighted by molar-refractivity contribution is -0.152. The molecule has 4 amide bonds. The average Bonchev–Trinajstić information content (AvgIpc) is 4.03. The van der Waals surface area contributed by atoms with Gasteiger partial charge in [-0.3, -0.25) is 19.4 Å². The number of methoxy groups -OCH3 is 2. The lowest BCUT2D eigenvalue weighted by Gasteiger charge is -2.35. The van der Waals surface area contributed by atoms with E-state index in [-0.39, 0.29) is 55.3 Å². The summed E-state index contributed by atoms with van der Waals surface area (Å²) >= 11 is 17.4. The summed E-state index contributed by atoms with van der Waals surface area (Å²) in [6.45, 7) is 12.8. The molecule has 64 heavy (non-hydrogen) atoms. The first-order chi connectivity index (χ1) is 29.4. The average molecular weight is 971 g/mol. The summed E-state index contributed by atoms with van der Waals surface area (Å²) in [6, 6.07) is 7.80. The van der Waals surface area contributed by atoms with Crippen molar-refractivity contribution in [2.75, 3.05) is 27.3 Å². The Kier molecular flexibility index (Phi) is 17.2. The molecule has 2 fully saturated rings. The van der Waals surface area contributed by atoms with E-state index >= 15 is 0 Å². The van der Waals surface area contributed by atoms with Crippen LogP contribution in [-0.2, 0) is 64.3 Å². The fourth-order valence-corrected chi connectivity index (χ4v) is 8.56. The van der Waals surface area contributed by atoms with Gasteiger partial charge in [-0.2, -0.15) is 0 Å². The van der Waals surface area contributed by atoms with Gasteiger partial charge in [0.05, 0.1) is 46.4 Å². The summed E-state index contributed by atoms with van der Waals surface area (Å²) in [6.07, 6.45) is -2.03. The molecule has 6 rings (SSSR count). The first-order valence-electron chi connectivity index (χ1n) is 20.5. The molecule has 0 aliphatic carbocycles. The number of hydrogen-bond acceptors (Lipinski definition) is 12. The summed E-state index contributed by atoms with van der Waals surface area (Å²) < 4.78 is 21.1. The van der Waals surface area contributed by atoms with E-state index in [0.717, 1.165) is 22.3 Å². The topological polar surface area (TPSA) is 216 Å². The number of carbonyl (C=O) groups excluding carboxylic acids is 6. The largest absolute Gasteiger partial charge is 0.467 e. The molecule has 2 aromatic carbocycles. The predicted octanol–water partition coefficient (Wildman–Crippen LogP) is 4.91. The van der Waals surface area contributed by atoms with Gasteiger partial charge in [0, 0.05) is 36.0 Å². The smallest absolute Gasteiger partial charge is 0.410 e. The fraction of sp³-hybridized carbons (Fsp3) is 0.558. The molecule has 6 atom stereocenters. The summed E-state index contributed by atoms with van der Waals surface area (Å²) in [5.41, 5.74) is 14.5. The number of nitrogens with two attached hydrogens (primary N) is 2. The number of hydrogen-bond donors (Lipinski definition) is 3. The number of thiocarbonyl (C=S) groups is 1. The van der Waals surface area contributed by atoms with Crippen LogP contribution in [0.5, 0.6) is 0 Å². The van der Waals surface area contributed by atoms with Gasteiger partial charge >= 0.3 is 24.1 Å². The Bertz CT molecular complexity index is 2120. The molecule has 5 N–H and O–H groups in total. The number of fused-ring (bicyclic) bond motifs is 2. The van der Waals surface area contributed by atoms with Crippen LogP contribution in [0.15, 0.2) is 36.4 Å². The zero-order valence-electron chi connectivity index (χ0n) is 37.2. The van der Waals surface area contributed by atoms with E-state index in [9.17, 15) is 28.8 Å². The van der Waals surface area contributed by atoms with E-state index in [0.29, 0.717) is 36.2 Å². The van der Waals surface area contributed by atoms with Gasteiger partial charge in [-0.25, -0.2) is 19.2 Å². The number of likely N-dealkylation sites (tertiary alicyclic amines) is 2. The summed E-state index contributed by atoms with van der Waals surface area (Å²) in [4.78, 5) is 82.4. The number of nitrogens with zero attached hydrogens (tertiary/aromatic N) is 4. The quantitative estimate of drug-likeness (QED) is 0.191. The molecular formula is C43H58Cl3N7O10S. The molecule has 21 heteroatoms. The van der Waals surface area contributed by atoms with Crippen LogP contribution in [0.2, 0.25) is 10.0 Å². The van der Waals surface area contributed by atoms with Crippen LogP contribution in [0.4, 0.5) is 9.59 Å². The van der Waals surface area contributed by atoms with E-state index in [4.69, 9.17) is 65.8 Å². The number of amides is 4. The van der Waals surface area contributed by atoms with Crippen molar-refractivity contribution >= 4 is 88.9 Å². The van der Waals surface area contributed by atoms with Crippen LogP contribution in [0.25, 0.3) is 0 Å². The molecule has 0 spiro atoms. The zero-order chi connectivity index (χ0) is 46.7. The van der Waals surface area contributed by atoms with E-state index in [1.165, 1.54) is 24.0 Å². The Labute approximate surface area is 395 Å². The first kappa shape index (κ1) is 52.0. The fourth-order valence-electron chi connectivity index (χ4n) is 7.93. The van der Waals surface area contributed by atoms with Gasteiger partial charge in [-0.1, -0.05) is 89.0 Å². The molecule has 352 valence electrons. The molecule has 2 aromatic rings. The normalized spacial score (nSPS) is 21.0. The van der Waals surface area contributed by atoms with Gasteiger partial charge in [0.25, 0.3) is 0 Å². The van der Waals surface area contributed by atoms with Gasteiger partial charge in [0.2, 0.25) is 11.8 Å². The second-order valence-corrected chi connectivity index (χ2v) is 19.4. The van der Waals surface area contributed by atoms with Gasteiger partial charge in [-0.15, -0.1) is 12.4 Å². The molecule has 0 bridgehead atoms. The van der Waals surface area contributed by atoms with E-state index < -0.39 is 71.3 Å². The third-order valence-corrected chi connectivity index (χ3v) is 12.4. The number of rotatable bonds is 7. The minimum absolute atomic E-state index is 0. The first-order valence-corrected chi connectivity index (χ1v) is 21.6. The Morgan fingerprint density at radius 2 is 1.11 bits per heavy atom. The minimum atomic E-state index is -0.886. The monoisotopic (exact) mass is 969 g/mol. The molecule has 4 heterocycles. The van der Waals surface area contributed by atoms with Crippen molar-refractivity contribution < 1.29 is 47.7 Å². The van der Waals surface area contributed by atoms with Gasteiger partial charge < -0.3 is 45.5 Å². The number of carbonyl (C=O) groups is 6. The molecular weight excluding hydrogens is 913 g/mol. The summed E-state index contributed by atoms with van der Waals surface area (Å²) in [7, 11) is 2.52. The lowest BCUT2D eigenvalue weighted by Crippen LogP contribution is -2.57. The van der Waals surface area contributed by atoms with E-state index in [2.05, 4.69) is 5.32 Å². The van der Waals surface area contributed by atoms with Gasteiger partial charge in [0.1, 0.15) is 30.3 Å². The number of ether oxygens (including phenoxy) is 4. The maximum atomic E-state index is 13.4. The lowest BCUT2D eigenvalue weighted by atomic mass is 9.85. The molecule has 0 saturated carbocycles. The summed E-state index contributed by atoms with van der Waals surface area (Å²) in [5.74, 6) is -1.87. The number of benzene rings is 2. The van der Waals surface area contributed by atoms with Crippen LogP contribution in [0.1, 0.15) is 76.6 Å². The molecule has 0 aromatic heterocycles. The predicted molar refractivity (Wildman–Crippen MR) is 244 cm³/mol. The Morgan fingerprint density at radius 1 is 0.703 bits per heavy atom. The third-order valence-electron chi connectivity index (χ3n) is 11.5.